The van der Waals surface area contributed by atoms with E-state index in [0.29, 0.717) is 12.4 Å². The van der Waals surface area contributed by atoms with Crippen molar-refractivity contribution in [2.75, 3.05) is 24.4 Å². The van der Waals surface area contributed by atoms with Crippen LogP contribution >= 0.6 is 11.6 Å². The van der Waals surface area contributed by atoms with E-state index in [1.54, 1.807) is 18.3 Å². The zero-order valence-electron chi connectivity index (χ0n) is 10.3. The van der Waals surface area contributed by atoms with Crippen molar-refractivity contribution in [3.63, 3.8) is 0 Å². The normalized spacial score (nSPS) is 11.0. The average molecular weight is 256 g/mol. The van der Waals surface area contributed by atoms with Gasteiger partial charge < -0.3 is 4.90 Å². The van der Waals surface area contributed by atoms with Crippen molar-refractivity contribution in [3.8, 4) is 0 Å². The number of halogens is 1. The van der Waals surface area contributed by atoms with E-state index in [-0.39, 0.29) is 5.56 Å². The molecule has 0 fully saturated rings. The second-order valence-corrected chi connectivity index (χ2v) is 4.09. The maximum absolute atomic E-state index is 11.7. The molecule has 0 radical (unpaired) electrons. The number of allylic oxidation sites excluding steroid dienone is 2. The Kier molecular flexibility index (Phi) is 5.77. The van der Waals surface area contributed by atoms with Crippen molar-refractivity contribution in [3.05, 3.63) is 34.8 Å². The molecule has 0 N–H and O–H groups in total. The van der Waals surface area contributed by atoms with Crippen molar-refractivity contribution in [2.45, 2.75) is 19.9 Å². The van der Waals surface area contributed by atoms with E-state index < -0.39 is 0 Å². The number of rotatable bonds is 6. The average Bonchev–Trinajstić information content (AvgIpc) is 2.31. The molecule has 0 amide bonds. The third-order valence-electron chi connectivity index (χ3n) is 2.39. The van der Waals surface area contributed by atoms with E-state index >= 15 is 0 Å². The van der Waals surface area contributed by atoms with Crippen molar-refractivity contribution in [1.29, 1.82) is 0 Å². The van der Waals surface area contributed by atoms with Crippen LogP contribution < -0.4 is 10.5 Å². The molecule has 17 heavy (non-hydrogen) atoms. The lowest BCUT2D eigenvalue weighted by Crippen LogP contribution is -2.25. The molecule has 0 saturated heterocycles. The summed E-state index contributed by atoms with van der Waals surface area (Å²) in [6, 6.07) is 1.61. The monoisotopic (exact) mass is 255 g/mol. The number of aromatic nitrogens is 2. The van der Waals surface area contributed by atoms with Gasteiger partial charge in [-0.15, -0.1) is 11.6 Å². The van der Waals surface area contributed by atoms with Gasteiger partial charge in [0.2, 0.25) is 0 Å². The molecule has 5 heteroatoms. The number of hydrogen-bond donors (Lipinski definition) is 0. The van der Waals surface area contributed by atoms with Crippen molar-refractivity contribution in [1.82, 2.24) is 9.78 Å². The molecule has 4 nitrogen and oxygen atoms in total. The molecule has 1 aromatic rings. The molecule has 0 spiro atoms. The van der Waals surface area contributed by atoms with Gasteiger partial charge in [0.05, 0.1) is 18.4 Å². The molecule has 0 aromatic carbocycles. The van der Waals surface area contributed by atoms with E-state index in [9.17, 15) is 4.79 Å². The molecule has 0 aliphatic carbocycles. The van der Waals surface area contributed by atoms with E-state index in [4.69, 9.17) is 11.6 Å². The van der Waals surface area contributed by atoms with E-state index in [1.165, 1.54) is 4.68 Å². The Morgan fingerprint density at radius 3 is 2.88 bits per heavy atom. The first-order chi connectivity index (χ1) is 8.19. The summed E-state index contributed by atoms with van der Waals surface area (Å²) < 4.78 is 1.41. The SMILES string of the molecule is CCCN(C)c1cnn(C/C=C/CCl)c(=O)c1. The third-order valence-corrected chi connectivity index (χ3v) is 2.57. The second-order valence-electron chi connectivity index (χ2n) is 3.78. The molecule has 1 rings (SSSR count). The van der Waals surface area contributed by atoms with Crippen molar-refractivity contribution >= 4 is 17.3 Å². The molecule has 0 unspecified atom stereocenters. The third kappa shape index (κ3) is 4.23. The topological polar surface area (TPSA) is 38.1 Å². The molecule has 94 valence electrons. The predicted molar refractivity (Wildman–Crippen MR) is 71.9 cm³/mol. The summed E-state index contributed by atoms with van der Waals surface area (Å²) in [5.41, 5.74) is 0.763. The zero-order valence-corrected chi connectivity index (χ0v) is 11.0. The summed E-state index contributed by atoms with van der Waals surface area (Å²) in [4.78, 5) is 13.8. The Labute approximate surface area is 107 Å². The Bertz CT molecular complexity index is 428. The van der Waals surface area contributed by atoms with Crippen LogP contribution in [0.3, 0.4) is 0 Å². The molecule has 0 atom stereocenters. The number of anilines is 1. The van der Waals surface area contributed by atoms with Gasteiger partial charge in [0.15, 0.2) is 0 Å². The van der Waals surface area contributed by atoms with Crippen LogP contribution in [0.25, 0.3) is 0 Å². The number of hydrogen-bond acceptors (Lipinski definition) is 3. The lowest BCUT2D eigenvalue weighted by molar-refractivity contribution is 0.648. The van der Waals surface area contributed by atoms with Crippen LogP contribution in [0.15, 0.2) is 29.2 Å². The molecular weight excluding hydrogens is 238 g/mol. The molecule has 0 aliphatic rings. The van der Waals surface area contributed by atoms with E-state index in [2.05, 4.69) is 12.0 Å². The summed E-state index contributed by atoms with van der Waals surface area (Å²) in [6.07, 6.45) is 6.38. The summed E-state index contributed by atoms with van der Waals surface area (Å²) in [5.74, 6) is 0.450. The molecule has 1 heterocycles. The van der Waals surface area contributed by atoms with Gasteiger partial charge in [-0.3, -0.25) is 4.79 Å². The largest absolute Gasteiger partial charge is 0.373 e. The number of nitrogens with zero attached hydrogens (tertiary/aromatic N) is 3. The van der Waals surface area contributed by atoms with Crippen LogP contribution in [0, 0.1) is 0 Å². The van der Waals surface area contributed by atoms with Gasteiger partial charge in [0, 0.05) is 25.5 Å². The van der Waals surface area contributed by atoms with Crippen molar-refractivity contribution in [2.24, 2.45) is 0 Å². The molecule has 0 bridgehead atoms. The lowest BCUT2D eigenvalue weighted by atomic mass is 10.3. The van der Waals surface area contributed by atoms with Gasteiger partial charge in [-0.25, -0.2) is 4.68 Å². The summed E-state index contributed by atoms with van der Waals surface area (Å²) in [5, 5.41) is 4.12. The van der Waals surface area contributed by atoms with Gasteiger partial charge in [0.25, 0.3) is 5.56 Å². The van der Waals surface area contributed by atoms with Gasteiger partial charge in [-0.2, -0.15) is 5.10 Å². The predicted octanol–water partition coefficient (Wildman–Crippen LogP) is 1.88. The first kappa shape index (κ1) is 13.8. The van der Waals surface area contributed by atoms with Crippen LogP contribution in [-0.4, -0.2) is 29.3 Å². The highest BCUT2D eigenvalue weighted by molar-refractivity contribution is 6.18. The fourth-order valence-electron chi connectivity index (χ4n) is 1.47. The standard InChI is InChI=1S/C12H18ClN3O/c1-3-7-15(2)11-9-12(17)16(14-10-11)8-5-4-6-13/h4-5,9-10H,3,6-8H2,1-2H3/b5-4+. The van der Waals surface area contributed by atoms with E-state index in [0.717, 1.165) is 18.7 Å². The van der Waals surface area contributed by atoms with Gasteiger partial charge in [-0.1, -0.05) is 19.1 Å². The Morgan fingerprint density at radius 2 is 2.29 bits per heavy atom. The molecular formula is C12H18ClN3O. The van der Waals surface area contributed by atoms with Crippen LogP contribution in [0.4, 0.5) is 5.69 Å². The maximum atomic E-state index is 11.7. The lowest BCUT2D eigenvalue weighted by Gasteiger charge is -2.17. The second kappa shape index (κ2) is 7.12. The Balaban J connectivity index is 2.79. The fraction of sp³-hybridized carbons (Fsp3) is 0.500. The summed E-state index contributed by atoms with van der Waals surface area (Å²) in [7, 11) is 1.96. The smallest absolute Gasteiger partial charge is 0.269 e. The van der Waals surface area contributed by atoms with Crippen LogP contribution in [0.1, 0.15) is 13.3 Å². The van der Waals surface area contributed by atoms with Crippen molar-refractivity contribution < 1.29 is 0 Å². The van der Waals surface area contributed by atoms with E-state index in [1.807, 2.05) is 18.0 Å². The fourth-order valence-corrected chi connectivity index (χ4v) is 1.60. The summed E-state index contributed by atoms with van der Waals surface area (Å²) in [6.45, 7) is 3.47. The minimum Gasteiger partial charge on any atom is -0.373 e. The van der Waals surface area contributed by atoms with Gasteiger partial charge >= 0.3 is 0 Å². The first-order valence-electron chi connectivity index (χ1n) is 5.68. The first-order valence-corrected chi connectivity index (χ1v) is 6.21. The number of alkyl halides is 1. The highest BCUT2D eigenvalue weighted by Crippen LogP contribution is 2.06. The highest BCUT2D eigenvalue weighted by Gasteiger charge is 2.02. The highest BCUT2D eigenvalue weighted by atomic mass is 35.5. The Hall–Kier alpha value is -1.29. The maximum Gasteiger partial charge on any atom is 0.269 e. The minimum atomic E-state index is -0.0929. The van der Waals surface area contributed by atoms with Crippen LogP contribution in [0.5, 0.6) is 0 Å². The summed E-state index contributed by atoms with van der Waals surface area (Å²) >= 11 is 5.51. The Morgan fingerprint density at radius 1 is 1.53 bits per heavy atom. The molecule has 0 saturated carbocycles. The quantitative estimate of drug-likeness (QED) is 0.576. The van der Waals surface area contributed by atoms with Gasteiger partial charge in [-0.05, 0) is 6.42 Å². The van der Waals surface area contributed by atoms with Crippen LogP contribution in [0.2, 0.25) is 0 Å². The molecule has 1 aromatic heterocycles. The van der Waals surface area contributed by atoms with Crippen LogP contribution in [-0.2, 0) is 6.54 Å². The molecule has 0 aliphatic heterocycles. The zero-order chi connectivity index (χ0) is 12.7. The minimum absolute atomic E-state index is 0.0929. The van der Waals surface area contributed by atoms with Gasteiger partial charge in [0.1, 0.15) is 0 Å².